The van der Waals surface area contributed by atoms with E-state index in [1.807, 2.05) is 30.3 Å². The van der Waals surface area contributed by atoms with Gasteiger partial charge in [0.15, 0.2) is 0 Å². The number of carbonyl (C=O) groups is 1. The van der Waals surface area contributed by atoms with Gasteiger partial charge in [0.1, 0.15) is 0 Å². The minimum Gasteiger partial charge on any atom is -0.449 e. The van der Waals surface area contributed by atoms with Crippen LogP contribution in [0.5, 0.6) is 0 Å². The molecule has 0 aromatic heterocycles. The molecule has 1 aliphatic heterocycles. The molecule has 0 aliphatic carbocycles. The van der Waals surface area contributed by atoms with Crippen LogP contribution < -0.4 is 5.32 Å². The van der Waals surface area contributed by atoms with Crippen molar-refractivity contribution in [1.82, 2.24) is 4.90 Å². The molecule has 1 N–H and O–H groups in total. The fraction of sp³-hybridized carbons (Fsp3) is 0.462. The van der Waals surface area contributed by atoms with Crippen LogP contribution in [0.3, 0.4) is 0 Å². The maximum Gasteiger partial charge on any atom is 0.409 e. The van der Waals surface area contributed by atoms with Gasteiger partial charge in [0.25, 0.3) is 0 Å². The van der Waals surface area contributed by atoms with Crippen molar-refractivity contribution >= 4 is 11.8 Å². The summed E-state index contributed by atoms with van der Waals surface area (Å²) in [6.07, 6.45) is -0.0831. The average molecular weight is 252 g/mol. The van der Waals surface area contributed by atoms with Crippen LogP contribution in [0, 0.1) is 0 Å². The van der Waals surface area contributed by atoms with Crippen LogP contribution in [0.15, 0.2) is 30.3 Å². The number of hydrogen-bond acceptors (Lipinski definition) is 3. The fourth-order valence-corrected chi connectivity index (χ4v) is 1.79. The second-order valence-corrected chi connectivity index (χ2v) is 4.27. The number of nitrogens with zero attached hydrogens (tertiary/aromatic N) is 1. The Morgan fingerprint density at radius 3 is 2.78 bits per heavy atom. The molecule has 0 radical (unpaired) electrons. The van der Waals surface area contributed by atoms with Crippen molar-refractivity contribution in [2.24, 2.45) is 0 Å². The Kier molecular flexibility index (Phi) is 4.39. The van der Waals surface area contributed by atoms with Crippen LogP contribution in [0.4, 0.5) is 14.9 Å². The molecule has 98 valence electrons. The number of carbonyl (C=O) groups excluding carboxylic acids is 1. The number of hydrogen-bond donors (Lipinski definition) is 1. The SMILES string of the molecule is O=C(OCCCF)N1CC(Nc2ccccc2)C1. The fourth-order valence-electron chi connectivity index (χ4n) is 1.79. The molecular formula is C13H17FN2O2. The molecule has 1 amide bonds. The van der Waals surface area contributed by atoms with Crippen LogP contribution in [-0.4, -0.2) is 43.4 Å². The van der Waals surface area contributed by atoms with Gasteiger partial charge >= 0.3 is 6.09 Å². The minimum absolute atomic E-state index is 0.155. The van der Waals surface area contributed by atoms with E-state index < -0.39 is 6.67 Å². The first-order chi connectivity index (χ1) is 8.79. The Hall–Kier alpha value is -1.78. The predicted octanol–water partition coefficient (Wildman–Crippen LogP) is 2.28. The van der Waals surface area contributed by atoms with Crippen molar-refractivity contribution in [2.45, 2.75) is 12.5 Å². The van der Waals surface area contributed by atoms with Crippen LogP contribution in [0.25, 0.3) is 0 Å². The maximum atomic E-state index is 11.8. The van der Waals surface area contributed by atoms with Crippen molar-refractivity contribution in [3.05, 3.63) is 30.3 Å². The quantitative estimate of drug-likeness (QED) is 0.817. The second-order valence-electron chi connectivity index (χ2n) is 4.27. The zero-order valence-electron chi connectivity index (χ0n) is 10.1. The molecule has 1 fully saturated rings. The summed E-state index contributed by atoms with van der Waals surface area (Å²) in [4.78, 5) is 13.1. The zero-order valence-corrected chi connectivity index (χ0v) is 10.1. The van der Waals surface area contributed by atoms with Gasteiger partial charge in [0.2, 0.25) is 0 Å². The molecule has 1 aromatic carbocycles. The Bertz CT molecular complexity index is 380. The van der Waals surface area contributed by atoms with E-state index in [1.165, 1.54) is 0 Å². The van der Waals surface area contributed by atoms with Crippen molar-refractivity contribution in [3.8, 4) is 0 Å². The third-order valence-corrected chi connectivity index (χ3v) is 2.79. The van der Waals surface area contributed by atoms with E-state index in [-0.39, 0.29) is 25.2 Å². The number of amides is 1. The highest BCUT2D eigenvalue weighted by molar-refractivity contribution is 5.69. The molecule has 0 spiro atoms. The zero-order chi connectivity index (χ0) is 12.8. The van der Waals surface area contributed by atoms with E-state index in [4.69, 9.17) is 4.74 Å². The molecule has 0 atom stereocenters. The summed E-state index contributed by atoms with van der Waals surface area (Å²) in [6.45, 7) is 0.959. The lowest BCUT2D eigenvalue weighted by atomic mass is 10.1. The van der Waals surface area contributed by atoms with Crippen molar-refractivity contribution < 1.29 is 13.9 Å². The first kappa shape index (κ1) is 12.7. The number of anilines is 1. The Morgan fingerprint density at radius 2 is 2.11 bits per heavy atom. The first-order valence-corrected chi connectivity index (χ1v) is 6.09. The number of ether oxygens (including phenoxy) is 1. The maximum absolute atomic E-state index is 11.8. The molecule has 18 heavy (non-hydrogen) atoms. The van der Waals surface area contributed by atoms with E-state index in [2.05, 4.69) is 5.32 Å². The lowest BCUT2D eigenvalue weighted by Gasteiger charge is -2.39. The first-order valence-electron chi connectivity index (χ1n) is 6.09. The van der Waals surface area contributed by atoms with Crippen molar-refractivity contribution in [1.29, 1.82) is 0 Å². The highest BCUT2D eigenvalue weighted by Crippen LogP contribution is 2.15. The van der Waals surface area contributed by atoms with Crippen LogP contribution in [0.1, 0.15) is 6.42 Å². The van der Waals surface area contributed by atoms with Crippen molar-refractivity contribution in [3.63, 3.8) is 0 Å². The standard InChI is InChI=1S/C13H17FN2O2/c14-7-4-8-18-13(17)16-9-12(10-16)15-11-5-2-1-3-6-11/h1-3,5-6,12,15H,4,7-10H2. The predicted molar refractivity (Wildman–Crippen MR) is 67.4 cm³/mol. The van der Waals surface area contributed by atoms with E-state index in [0.29, 0.717) is 13.1 Å². The molecule has 5 heteroatoms. The highest BCUT2D eigenvalue weighted by Gasteiger charge is 2.31. The summed E-state index contributed by atoms with van der Waals surface area (Å²) in [6, 6.07) is 10.1. The molecular weight excluding hydrogens is 235 g/mol. The second kappa shape index (κ2) is 6.23. The molecule has 1 saturated heterocycles. The summed E-state index contributed by atoms with van der Waals surface area (Å²) in [5.74, 6) is 0. The largest absolute Gasteiger partial charge is 0.449 e. The van der Waals surface area contributed by atoms with Crippen molar-refractivity contribution in [2.75, 3.05) is 31.7 Å². The van der Waals surface area contributed by atoms with Crippen LogP contribution in [0.2, 0.25) is 0 Å². The molecule has 0 saturated carbocycles. The van der Waals surface area contributed by atoms with E-state index in [9.17, 15) is 9.18 Å². The van der Waals surface area contributed by atoms with Gasteiger partial charge in [0.05, 0.1) is 19.3 Å². The van der Waals surface area contributed by atoms with E-state index >= 15 is 0 Å². The smallest absolute Gasteiger partial charge is 0.409 e. The Labute approximate surface area is 106 Å². The van der Waals surface area contributed by atoms with Gasteiger partial charge in [-0.2, -0.15) is 0 Å². The molecule has 1 heterocycles. The summed E-state index contributed by atoms with van der Waals surface area (Å²) >= 11 is 0. The molecule has 1 aromatic rings. The van der Waals surface area contributed by atoms with Crippen LogP contribution >= 0.6 is 0 Å². The molecule has 0 unspecified atom stereocenters. The average Bonchev–Trinajstić information content (AvgIpc) is 2.34. The lowest BCUT2D eigenvalue weighted by Crippen LogP contribution is -2.57. The summed E-state index contributed by atoms with van der Waals surface area (Å²) in [5.41, 5.74) is 1.05. The topological polar surface area (TPSA) is 41.6 Å². The van der Waals surface area contributed by atoms with Gasteiger partial charge in [-0.3, -0.25) is 4.39 Å². The Balaban J connectivity index is 1.66. The number of benzene rings is 1. The number of nitrogens with one attached hydrogen (secondary N) is 1. The molecule has 4 nitrogen and oxygen atoms in total. The van der Waals surface area contributed by atoms with Crippen LogP contribution in [-0.2, 0) is 4.74 Å². The lowest BCUT2D eigenvalue weighted by molar-refractivity contribution is 0.0736. The minimum atomic E-state index is -0.453. The van der Waals surface area contributed by atoms with Gasteiger partial charge in [-0.1, -0.05) is 18.2 Å². The monoisotopic (exact) mass is 252 g/mol. The number of rotatable bonds is 5. The van der Waals surface area contributed by atoms with Gasteiger partial charge < -0.3 is 15.0 Å². The number of para-hydroxylation sites is 1. The molecule has 0 bridgehead atoms. The van der Waals surface area contributed by atoms with Gasteiger partial charge in [-0.05, 0) is 12.1 Å². The number of likely N-dealkylation sites (tertiary alicyclic amines) is 1. The highest BCUT2D eigenvalue weighted by atomic mass is 19.1. The third-order valence-electron chi connectivity index (χ3n) is 2.79. The Morgan fingerprint density at radius 1 is 1.39 bits per heavy atom. The molecule has 1 aliphatic rings. The summed E-state index contributed by atoms with van der Waals surface area (Å²) < 4.78 is 16.7. The number of alkyl halides is 1. The van der Waals surface area contributed by atoms with Gasteiger partial charge in [-0.25, -0.2) is 4.79 Å². The summed E-state index contributed by atoms with van der Waals surface area (Å²) in [7, 11) is 0. The third kappa shape index (κ3) is 3.35. The molecule has 2 rings (SSSR count). The summed E-state index contributed by atoms with van der Waals surface area (Å²) in [5, 5.41) is 3.32. The van der Waals surface area contributed by atoms with E-state index in [1.54, 1.807) is 4.90 Å². The number of halogens is 1. The van der Waals surface area contributed by atoms with Gasteiger partial charge in [-0.15, -0.1) is 0 Å². The normalized spacial score (nSPS) is 15.1. The van der Waals surface area contributed by atoms with E-state index in [0.717, 1.165) is 5.69 Å². The van der Waals surface area contributed by atoms with Gasteiger partial charge in [0, 0.05) is 25.2 Å².